The highest BCUT2D eigenvalue weighted by molar-refractivity contribution is 5.86. The van der Waals surface area contributed by atoms with Crippen LogP contribution in [0.25, 0.3) is 0 Å². The zero-order valence-corrected chi connectivity index (χ0v) is 16.2. The van der Waals surface area contributed by atoms with Crippen LogP contribution in [0.4, 0.5) is 0 Å². The zero-order chi connectivity index (χ0) is 19.6. The molecule has 8 heteroatoms. The Hall–Kier alpha value is -3.03. The number of hydrogen-bond donors (Lipinski definition) is 3. The lowest BCUT2D eigenvalue weighted by Gasteiger charge is -2.11. The fourth-order valence-electron chi connectivity index (χ4n) is 2.25. The van der Waals surface area contributed by atoms with Crippen LogP contribution in [0.1, 0.15) is 36.8 Å². The van der Waals surface area contributed by atoms with Crippen LogP contribution in [0.5, 0.6) is 5.75 Å². The standard InChI is InChI=1S/C19H27N5O3/c1-13(2)17-9-16(27-24-17)11-22-19(20-3)23-12-18(25)21-10-14-5-7-15(26-4)8-6-14/h5-9,13H,10-12H2,1-4H3,(H,21,25)(H2,20,22,23). The van der Waals surface area contributed by atoms with Gasteiger partial charge in [-0.3, -0.25) is 9.79 Å². The van der Waals surface area contributed by atoms with Crippen molar-refractivity contribution in [3.63, 3.8) is 0 Å². The van der Waals surface area contributed by atoms with E-state index in [1.165, 1.54) is 0 Å². The maximum Gasteiger partial charge on any atom is 0.239 e. The topological polar surface area (TPSA) is 101 Å². The van der Waals surface area contributed by atoms with E-state index in [1.807, 2.05) is 30.3 Å². The van der Waals surface area contributed by atoms with E-state index in [9.17, 15) is 4.79 Å². The number of amides is 1. The van der Waals surface area contributed by atoms with E-state index in [-0.39, 0.29) is 12.5 Å². The van der Waals surface area contributed by atoms with E-state index in [2.05, 4.69) is 39.9 Å². The minimum Gasteiger partial charge on any atom is -0.497 e. The van der Waals surface area contributed by atoms with Crippen LogP contribution < -0.4 is 20.7 Å². The zero-order valence-electron chi connectivity index (χ0n) is 16.2. The average Bonchev–Trinajstić information content (AvgIpc) is 3.16. The van der Waals surface area contributed by atoms with Gasteiger partial charge in [0.25, 0.3) is 0 Å². The second-order valence-corrected chi connectivity index (χ2v) is 6.28. The summed E-state index contributed by atoms with van der Waals surface area (Å²) in [5.74, 6) is 2.20. The van der Waals surface area contributed by atoms with Crippen LogP contribution in [0.3, 0.4) is 0 Å². The largest absolute Gasteiger partial charge is 0.497 e. The van der Waals surface area contributed by atoms with Gasteiger partial charge >= 0.3 is 0 Å². The maximum absolute atomic E-state index is 12.0. The van der Waals surface area contributed by atoms with Crippen molar-refractivity contribution in [1.82, 2.24) is 21.1 Å². The molecule has 0 saturated carbocycles. The van der Waals surface area contributed by atoms with Crippen LogP contribution in [-0.2, 0) is 17.9 Å². The molecule has 2 aromatic rings. The van der Waals surface area contributed by atoms with Crippen LogP contribution in [0.15, 0.2) is 39.8 Å². The molecule has 0 saturated heterocycles. The number of nitrogens with one attached hydrogen (secondary N) is 3. The summed E-state index contributed by atoms with van der Waals surface area (Å²) in [5, 5.41) is 12.9. The summed E-state index contributed by atoms with van der Waals surface area (Å²) in [6.07, 6.45) is 0. The Morgan fingerprint density at radius 2 is 1.93 bits per heavy atom. The molecule has 0 fully saturated rings. The van der Waals surface area contributed by atoms with Crippen molar-refractivity contribution in [3.8, 4) is 5.75 Å². The van der Waals surface area contributed by atoms with Crippen LogP contribution in [0.2, 0.25) is 0 Å². The van der Waals surface area contributed by atoms with Crippen LogP contribution in [-0.4, -0.2) is 37.7 Å². The smallest absolute Gasteiger partial charge is 0.239 e. The minimum atomic E-state index is -0.129. The van der Waals surface area contributed by atoms with Crippen molar-refractivity contribution < 1.29 is 14.1 Å². The van der Waals surface area contributed by atoms with Crippen molar-refractivity contribution in [2.24, 2.45) is 4.99 Å². The lowest BCUT2D eigenvalue weighted by Crippen LogP contribution is -2.42. The third kappa shape index (κ3) is 6.65. The molecule has 8 nitrogen and oxygen atoms in total. The monoisotopic (exact) mass is 373 g/mol. The third-order valence-corrected chi connectivity index (χ3v) is 3.89. The molecule has 1 aromatic carbocycles. The quantitative estimate of drug-likeness (QED) is 0.482. The second kappa shape index (κ2) is 10.2. The summed E-state index contributed by atoms with van der Waals surface area (Å²) in [6.45, 7) is 5.11. The molecule has 27 heavy (non-hydrogen) atoms. The number of ether oxygens (including phenoxy) is 1. The first-order valence-electron chi connectivity index (χ1n) is 8.81. The van der Waals surface area contributed by atoms with Gasteiger partial charge in [0.05, 0.1) is 25.9 Å². The molecule has 0 bridgehead atoms. The predicted molar refractivity (Wildman–Crippen MR) is 104 cm³/mol. The Morgan fingerprint density at radius 1 is 1.19 bits per heavy atom. The third-order valence-electron chi connectivity index (χ3n) is 3.89. The number of hydrogen-bond acceptors (Lipinski definition) is 5. The molecule has 0 aliphatic rings. The second-order valence-electron chi connectivity index (χ2n) is 6.28. The first kappa shape index (κ1) is 20.3. The van der Waals surface area contributed by atoms with Gasteiger partial charge in [-0.1, -0.05) is 31.1 Å². The molecule has 1 heterocycles. The number of methoxy groups -OCH3 is 1. The van der Waals surface area contributed by atoms with Gasteiger partial charge in [-0.05, 0) is 23.6 Å². The highest BCUT2D eigenvalue weighted by atomic mass is 16.5. The molecule has 0 radical (unpaired) electrons. The average molecular weight is 373 g/mol. The Kier molecular flexibility index (Phi) is 7.66. The molecule has 0 unspecified atom stereocenters. The molecule has 2 rings (SSSR count). The molecule has 0 aliphatic carbocycles. The number of nitrogens with zero attached hydrogens (tertiary/aromatic N) is 2. The summed E-state index contributed by atoms with van der Waals surface area (Å²) in [5.41, 5.74) is 1.91. The molecule has 0 aliphatic heterocycles. The molecule has 1 amide bonds. The van der Waals surface area contributed by atoms with Gasteiger partial charge < -0.3 is 25.2 Å². The minimum absolute atomic E-state index is 0.115. The Morgan fingerprint density at radius 3 is 2.52 bits per heavy atom. The van der Waals surface area contributed by atoms with E-state index in [0.29, 0.717) is 30.7 Å². The number of carbonyl (C=O) groups is 1. The number of rotatable bonds is 8. The molecule has 3 N–H and O–H groups in total. The number of aromatic nitrogens is 1. The lowest BCUT2D eigenvalue weighted by atomic mass is 10.1. The summed E-state index contributed by atoms with van der Waals surface area (Å²) in [7, 11) is 3.26. The highest BCUT2D eigenvalue weighted by Gasteiger charge is 2.09. The summed E-state index contributed by atoms with van der Waals surface area (Å²) in [4.78, 5) is 16.1. The summed E-state index contributed by atoms with van der Waals surface area (Å²) >= 11 is 0. The highest BCUT2D eigenvalue weighted by Crippen LogP contribution is 2.13. The molecule has 1 aromatic heterocycles. The van der Waals surface area contributed by atoms with Gasteiger partial charge in [-0.2, -0.15) is 0 Å². The van der Waals surface area contributed by atoms with E-state index in [1.54, 1.807) is 14.2 Å². The van der Waals surface area contributed by atoms with Gasteiger partial charge in [0.2, 0.25) is 5.91 Å². The predicted octanol–water partition coefficient (Wildman–Crippen LogP) is 1.79. The first-order valence-corrected chi connectivity index (χ1v) is 8.81. The number of aliphatic imine (C=N–C) groups is 1. The van der Waals surface area contributed by atoms with Crippen molar-refractivity contribution >= 4 is 11.9 Å². The Labute approximate surface area is 159 Å². The number of guanidine groups is 1. The van der Waals surface area contributed by atoms with E-state index in [0.717, 1.165) is 17.0 Å². The van der Waals surface area contributed by atoms with Crippen molar-refractivity contribution in [1.29, 1.82) is 0 Å². The lowest BCUT2D eigenvalue weighted by molar-refractivity contribution is -0.120. The van der Waals surface area contributed by atoms with Gasteiger partial charge in [0.1, 0.15) is 5.75 Å². The fraction of sp³-hybridized carbons (Fsp3) is 0.421. The summed E-state index contributed by atoms with van der Waals surface area (Å²) in [6, 6.07) is 9.46. The van der Waals surface area contributed by atoms with Crippen LogP contribution >= 0.6 is 0 Å². The van der Waals surface area contributed by atoms with E-state index >= 15 is 0 Å². The van der Waals surface area contributed by atoms with E-state index < -0.39 is 0 Å². The van der Waals surface area contributed by atoms with E-state index in [4.69, 9.17) is 9.26 Å². The SMILES string of the molecule is CN=C(NCC(=O)NCc1ccc(OC)cc1)NCc1cc(C(C)C)no1. The number of benzene rings is 1. The Balaban J connectivity index is 1.71. The summed E-state index contributed by atoms with van der Waals surface area (Å²) < 4.78 is 10.4. The van der Waals surface area contributed by atoms with Gasteiger partial charge in [0, 0.05) is 19.7 Å². The molecule has 0 atom stereocenters. The first-order chi connectivity index (χ1) is 13.0. The van der Waals surface area contributed by atoms with Gasteiger partial charge in [-0.25, -0.2) is 0 Å². The molecular weight excluding hydrogens is 346 g/mol. The molecule has 146 valence electrons. The molecular formula is C19H27N5O3. The molecule has 0 spiro atoms. The van der Waals surface area contributed by atoms with Crippen LogP contribution in [0, 0.1) is 0 Å². The van der Waals surface area contributed by atoms with Crippen molar-refractivity contribution in [2.45, 2.75) is 32.9 Å². The normalized spacial score (nSPS) is 11.4. The maximum atomic E-state index is 12.0. The van der Waals surface area contributed by atoms with Crippen molar-refractivity contribution in [2.75, 3.05) is 20.7 Å². The van der Waals surface area contributed by atoms with Crippen molar-refractivity contribution in [3.05, 3.63) is 47.3 Å². The fourth-order valence-corrected chi connectivity index (χ4v) is 2.25. The van der Waals surface area contributed by atoms with Gasteiger partial charge in [-0.15, -0.1) is 0 Å². The number of carbonyl (C=O) groups excluding carboxylic acids is 1. The Bertz CT molecular complexity index is 753. The van der Waals surface area contributed by atoms with Gasteiger partial charge in [0.15, 0.2) is 11.7 Å².